The molecular formula is C32H26N4O7S. The molecule has 4 aromatic carbocycles. The van der Waals surface area contributed by atoms with Crippen LogP contribution in [0.5, 0.6) is 5.75 Å². The first-order valence-corrected chi connectivity index (χ1v) is 14.6. The quantitative estimate of drug-likeness (QED) is 0.124. The average molecular weight is 611 g/mol. The summed E-state index contributed by atoms with van der Waals surface area (Å²) in [5, 5.41) is 9.70. The van der Waals surface area contributed by atoms with Gasteiger partial charge in [0.15, 0.2) is 0 Å². The van der Waals surface area contributed by atoms with Crippen molar-refractivity contribution in [3.63, 3.8) is 0 Å². The number of Topliss-reactive ketones (excluding diaryl/α,β-unsaturated/α-hetero) is 1. The number of benzene rings is 4. The molecule has 4 aromatic rings. The Kier molecular flexibility index (Phi) is 8.38. The number of amides is 2. The fourth-order valence-corrected chi connectivity index (χ4v) is 4.93. The predicted molar refractivity (Wildman–Crippen MR) is 167 cm³/mol. The summed E-state index contributed by atoms with van der Waals surface area (Å²) < 4.78 is 37.3. The molecule has 0 heterocycles. The molecule has 1 aliphatic carbocycles. The number of aryl methyl sites for hydroxylation is 1. The lowest BCUT2D eigenvalue weighted by Gasteiger charge is -2.18. The van der Waals surface area contributed by atoms with E-state index < -0.39 is 27.7 Å². The van der Waals surface area contributed by atoms with E-state index in [1.165, 1.54) is 37.5 Å². The minimum Gasteiger partial charge on any atom is -0.497 e. The summed E-state index contributed by atoms with van der Waals surface area (Å²) >= 11 is 0. The molecule has 0 fully saturated rings. The molecule has 11 nitrogen and oxygen atoms in total. The number of anilines is 3. The molecule has 0 aromatic heterocycles. The van der Waals surface area contributed by atoms with Gasteiger partial charge < -0.3 is 15.4 Å². The van der Waals surface area contributed by atoms with Crippen LogP contribution < -0.4 is 20.8 Å². The number of fused-ring (bicyclic) bond motifs is 1. The van der Waals surface area contributed by atoms with Crippen LogP contribution in [-0.2, 0) is 19.7 Å². The van der Waals surface area contributed by atoms with Gasteiger partial charge in [-0.25, -0.2) is 0 Å². The number of carbonyl (C=O) groups is 3. The van der Waals surface area contributed by atoms with E-state index in [-0.39, 0.29) is 27.4 Å². The Bertz CT molecular complexity index is 1970. The number of rotatable bonds is 8. The van der Waals surface area contributed by atoms with Gasteiger partial charge in [0.1, 0.15) is 11.5 Å². The molecule has 222 valence electrons. The first kappa shape index (κ1) is 29.9. The predicted octanol–water partition coefficient (Wildman–Crippen LogP) is 4.92. The molecule has 0 aliphatic heterocycles. The van der Waals surface area contributed by atoms with Crippen LogP contribution in [0.3, 0.4) is 0 Å². The van der Waals surface area contributed by atoms with E-state index in [1.807, 2.05) is 0 Å². The molecule has 44 heavy (non-hydrogen) atoms. The van der Waals surface area contributed by atoms with Gasteiger partial charge in [0.05, 0.1) is 23.3 Å². The van der Waals surface area contributed by atoms with Gasteiger partial charge in [-0.15, -0.1) is 0 Å². The smallest absolute Gasteiger partial charge is 0.294 e. The highest BCUT2D eigenvalue weighted by Crippen LogP contribution is 2.26. The molecule has 0 spiro atoms. The molecule has 0 atom stereocenters. The third-order valence-corrected chi connectivity index (χ3v) is 7.60. The van der Waals surface area contributed by atoms with Crippen molar-refractivity contribution >= 4 is 56.6 Å². The van der Waals surface area contributed by atoms with Crippen molar-refractivity contribution in [2.45, 2.75) is 11.8 Å². The van der Waals surface area contributed by atoms with E-state index in [1.54, 1.807) is 67.6 Å². The fourth-order valence-electron chi connectivity index (χ4n) is 4.40. The number of nitrogens with zero attached hydrogens (tertiary/aromatic N) is 1. The first-order valence-electron chi connectivity index (χ1n) is 13.2. The van der Waals surface area contributed by atoms with E-state index in [0.717, 1.165) is 6.07 Å². The van der Waals surface area contributed by atoms with Crippen LogP contribution >= 0.6 is 0 Å². The second-order valence-electron chi connectivity index (χ2n) is 9.72. The molecule has 4 N–H and O–H groups in total. The highest BCUT2D eigenvalue weighted by Gasteiger charge is 2.30. The number of carbonyl (C=O) groups excluding carboxylic acids is 3. The highest BCUT2D eigenvalue weighted by atomic mass is 32.2. The molecule has 0 saturated carbocycles. The SMILES string of the molecule is COc1ccc(NC(=O)C2=Cc3ccccc3C(=NNc3cc(C(=O)Nc4cccc(S(=O)(=O)O)c4)ccc3C)C2=O)cc1. The molecule has 2 amide bonds. The highest BCUT2D eigenvalue weighted by molar-refractivity contribution is 7.85. The summed E-state index contributed by atoms with van der Waals surface area (Å²) in [7, 11) is -2.91. The fraction of sp³-hybridized carbons (Fsp3) is 0.0625. The largest absolute Gasteiger partial charge is 0.497 e. The van der Waals surface area contributed by atoms with Crippen LogP contribution in [0.1, 0.15) is 27.0 Å². The average Bonchev–Trinajstić information content (AvgIpc) is 3.01. The van der Waals surface area contributed by atoms with E-state index in [0.29, 0.717) is 33.8 Å². The third-order valence-electron chi connectivity index (χ3n) is 6.75. The zero-order valence-electron chi connectivity index (χ0n) is 23.5. The number of ether oxygens (including phenoxy) is 1. The van der Waals surface area contributed by atoms with Gasteiger partial charge >= 0.3 is 0 Å². The second kappa shape index (κ2) is 12.3. The molecule has 1 aliphatic rings. The summed E-state index contributed by atoms with van der Waals surface area (Å²) in [4.78, 5) is 39.3. The lowest BCUT2D eigenvalue weighted by atomic mass is 9.89. The summed E-state index contributed by atoms with van der Waals surface area (Å²) in [6, 6.07) is 23.7. The first-order chi connectivity index (χ1) is 21.0. The van der Waals surface area contributed by atoms with Crippen LogP contribution in [0, 0.1) is 6.92 Å². The van der Waals surface area contributed by atoms with E-state index in [9.17, 15) is 27.4 Å². The normalized spacial score (nSPS) is 13.5. The second-order valence-corrected chi connectivity index (χ2v) is 11.1. The molecule has 12 heteroatoms. The van der Waals surface area contributed by atoms with Gasteiger partial charge in [0.2, 0.25) is 5.78 Å². The van der Waals surface area contributed by atoms with Gasteiger partial charge in [-0.1, -0.05) is 36.4 Å². The van der Waals surface area contributed by atoms with Crippen molar-refractivity contribution < 1.29 is 32.1 Å². The Labute approximate surface area is 253 Å². The summed E-state index contributed by atoms with van der Waals surface area (Å²) in [5.41, 5.74) is 5.92. The van der Waals surface area contributed by atoms with Crippen LogP contribution in [0.2, 0.25) is 0 Å². The Morgan fingerprint density at radius 1 is 0.841 bits per heavy atom. The third kappa shape index (κ3) is 6.56. The number of hydrogen-bond donors (Lipinski definition) is 4. The van der Waals surface area contributed by atoms with Gasteiger partial charge in [-0.2, -0.15) is 13.5 Å². The van der Waals surface area contributed by atoms with Crippen molar-refractivity contribution in [2.75, 3.05) is 23.2 Å². The molecular weight excluding hydrogens is 584 g/mol. The van der Waals surface area contributed by atoms with Crippen molar-refractivity contribution in [3.05, 3.63) is 119 Å². The van der Waals surface area contributed by atoms with Gasteiger partial charge in [0.25, 0.3) is 21.9 Å². The standard InChI is InChI=1S/C32H26N4O7S/c1-19-10-11-21(31(38)34-23-7-5-8-25(18-23)44(40,41)42)17-28(19)35-36-29-26-9-4-3-6-20(26)16-27(30(29)37)32(39)33-22-12-14-24(43-2)15-13-22/h3-18,35H,1-2H3,(H,33,39)(H,34,38)(H,40,41,42). The molecule has 0 saturated heterocycles. The van der Waals surface area contributed by atoms with Crippen molar-refractivity contribution in [2.24, 2.45) is 5.10 Å². The zero-order valence-corrected chi connectivity index (χ0v) is 24.3. The van der Waals surface area contributed by atoms with Crippen molar-refractivity contribution in [1.82, 2.24) is 0 Å². The Morgan fingerprint density at radius 2 is 1.57 bits per heavy atom. The van der Waals surface area contributed by atoms with Gasteiger partial charge in [-0.3, -0.25) is 24.4 Å². The summed E-state index contributed by atoms with van der Waals surface area (Å²) in [6.07, 6.45) is 1.52. The minimum atomic E-state index is -4.45. The van der Waals surface area contributed by atoms with Crippen LogP contribution in [0.4, 0.5) is 17.1 Å². The van der Waals surface area contributed by atoms with E-state index in [2.05, 4.69) is 21.2 Å². The maximum Gasteiger partial charge on any atom is 0.294 e. The van der Waals surface area contributed by atoms with Crippen molar-refractivity contribution in [1.29, 1.82) is 0 Å². The number of hydrazone groups is 1. The lowest BCUT2D eigenvalue weighted by molar-refractivity contribution is -0.116. The number of ketones is 1. The summed E-state index contributed by atoms with van der Waals surface area (Å²) in [6.45, 7) is 1.78. The van der Waals surface area contributed by atoms with E-state index >= 15 is 0 Å². The number of hydrogen-bond acceptors (Lipinski definition) is 8. The van der Waals surface area contributed by atoms with Gasteiger partial charge in [0, 0.05) is 22.5 Å². The summed E-state index contributed by atoms with van der Waals surface area (Å²) in [5.74, 6) is -1.12. The molecule has 0 bridgehead atoms. The van der Waals surface area contributed by atoms with E-state index in [4.69, 9.17) is 4.74 Å². The number of nitrogens with one attached hydrogen (secondary N) is 3. The van der Waals surface area contributed by atoms with Gasteiger partial charge in [-0.05, 0) is 78.7 Å². The molecule has 0 unspecified atom stereocenters. The maximum atomic E-state index is 13.6. The topological polar surface area (TPSA) is 163 Å². The number of methoxy groups -OCH3 is 1. The van der Waals surface area contributed by atoms with Crippen LogP contribution in [0.25, 0.3) is 6.08 Å². The minimum absolute atomic E-state index is 0.0132. The Balaban J connectivity index is 1.39. The monoisotopic (exact) mass is 610 g/mol. The lowest BCUT2D eigenvalue weighted by Crippen LogP contribution is -2.30. The maximum absolute atomic E-state index is 13.6. The Morgan fingerprint density at radius 3 is 2.30 bits per heavy atom. The molecule has 5 rings (SSSR count). The Hall–Kier alpha value is -5.59. The van der Waals surface area contributed by atoms with Crippen LogP contribution in [-0.4, -0.2) is 43.4 Å². The van der Waals surface area contributed by atoms with Crippen LogP contribution in [0.15, 0.2) is 107 Å². The zero-order chi connectivity index (χ0) is 31.4. The molecule has 0 radical (unpaired) electrons. The van der Waals surface area contributed by atoms with Crippen molar-refractivity contribution in [3.8, 4) is 5.75 Å².